The summed E-state index contributed by atoms with van der Waals surface area (Å²) in [5.41, 5.74) is 7.91. The molecule has 0 spiro atoms. The van der Waals surface area contributed by atoms with Crippen LogP contribution in [0.4, 0.5) is 5.69 Å². The van der Waals surface area contributed by atoms with Crippen molar-refractivity contribution in [2.75, 3.05) is 11.6 Å². The van der Waals surface area contributed by atoms with E-state index in [2.05, 4.69) is 15.9 Å². The predicted molar refractivity (Wildman–Crippen MR) is 63.2 cm³/mol. The molecular weight excluding hydrogens is 265 g/mol. The minimum Gasteiger partial charge on any atom is -0.398 e. The maximum absolute atomic E-state index is 11.6. The molecule has 0 radical (unpaired) electrons. The van der Waals surface area contributed by atoms with E-state index in [1.807, 2.05) is 0 Å². The van der Waals surface area contributed by atoms with Crippen LogP contribution < -0.4 is 5.73 Å². The summed E-state index contributed by atoms with van der Waals surface area (Å²) in [6, 6.07) is 5.35. The summed E-state index contributed by atoms with van der Waals surface area (Å²) in [6.45, 7) is 0. The summed E-state index contributed by atoms with van der Waals surface area (Å²) in [5, 5.41) is 0.586. The second-order valence-electron chi connectivity index (χ2n) is 2.87. The maximum atomic E-state index is 11.6. The third-order valence-electron chi connectivity index (χ3n) is 1.97. The smallest absolute Gasteiger partial charge is 0.164 e. The highest BCUT2D eigenvalue weighted by Gasteiger charge is 2.11. The number of nitrogen functional groups attached to an aromatic ring is 1. The zero-order valence-electron chi connectivity index (χ0n) is 7.59. The molecule has 14 heavy (non-hydrogen) atoms. The monoisotopic (exact) mass is 275 g/mol. The molecule has 2 N–H and O–H groups in total. The molecule has 0 aromatic heterocycles. The Balaban J connectivity index is 3.07. The maximum Gasteiger partial charge on any atom is 0.164 e. The molecule has 0 heterocycles. The third kappa shape index (κ3) is 2.49. The van der Waals surface area contributed by atoms with Gasteiger partial charge in [0.2, 0.25) is 0 Å². The molecule has 0 aliphatic rings. The highest BCUT2D eigenvalue weighted by atomic mass is 79.9. The number of rotatable bonds is 4. The number of anilines is 1. The van der Waals surface area contributed by atoms with Gasteiger partial charge >= 0.3 is 0 Å². The Labute approximate surface area is 96.6 Å². The van der Waals surface area contributed by atoms with Gasteiger partial charge in [0.1, 0.15) is 0 Å². The second-order valence-corrected chi connectivity index (χ2v) is 3.81. The van der Waals surface area contributed by atoms with E-state index in [0.717, 1.165) is 5.56 Å². The summed E-state index contributed by atoms with van der Waals surface area (Å²) in [4.78, 5) is 11.6. The van der Waals surface area contributed by atoms with Crippen molar-refractivity contribution in [3.05, 3.63) is 29.3 Å². The second kappa shape index (κ2) is 5.37. The van der Waals surface area contributed by atoms with Gasteiger partial charge in [-0.25, -0.2) is 0 Å². The molecule has 1 aromatic rings. The van der Waals surface area contributed by atoms with Crippen LogP contribution in [0.25, 0.3) is 0 Å². The lowest BCUT2D eigenvalue weighted by Gasteiger charge is -2.07. The van der Waals surface area contributed by atoms with Gasteiger partial charge in [0.15, 0.2) is 5.78 Å². The summed E-state index contributed by atoms with van der Waals surface area (Å²) in [6.07, 6.45) is 0.352. The lowest BCUT2D eigenvalue weighted by molar-refractivity contribution is 0.0988. The Morgan fingerprint density at radius 2 is 2.21 bits per heavy atom. The van der Waals surface area contributed by atoms with Crippen molar-refractivity contribution in [1.82, 2.24) is 0 Å². The first-order valence-electron chi connectivity index (χ1n) is 4.23. The Kier molecular flexibility index (Phi) is 4.42. The molecule has 2 nitrogen and oxygen atoms in total. The Bertz CT molecular complexity index is 341. The first kappa shape index (κ1) is 11.5. The number of benzene rings is 1. The fourth-order valence-corrected chi connectivity index (χ4v) is 2.03. The van der Waals surface area contributed by atoms with Crippen LogP contribution in [0.3, 0.4) is 0 Å². The predicted octanol–water partition coefficient (Wildman–Crippen LogP) is 2.98. The number of halogens is 2. The molecule has 0 bridgehead atoms. The molecule has 1 aromatic carbocycles. The first-order chi connectivity index (χ1) is 6.70. The third-order valence-corrected chi connectivity index (χ3v) is 2.72. The number of hydrogen-bond donors (Lipinski definition) is 1. The van der Waals surface area contributed by atoms with Crippen LogP contribution in [-0.4, -0.2) is 11.7 Å². The first-order valence-corrected chi connectivity index (χ1v) is 5.88. The van der Waals surface area contributed by atoms with Gasteiger partial charge in [-0.3, -0.25) is 4.79 Å². The quantitative estimate of drug-likeness (QED) is 0.522. The fraction of sp³-hybridized carbons (Fsp3) is 0.300. The van der Waals surface area contributed by atoms with E-state index < -0.39 is 0 Å². The summed E-state index contributed by atoms with van der Waals surface area (Å²) >= 11 is 8.83. The van der Waals surface area contributed by atoms with Gasteiger partial charge in [-0.1, -0.05) is 28.1 Å². The van der Waals surface area contributed by atoms with E-state index in [0.29, 0.717) is 28.9 Å². The van der Waals surface area contributed by atoms with Crippen molar-refractivity contribution in [1.29, 1.82) is 0 Å². The van der Waals surface area contributed by atoms with Gasteiger partial charge in [0.25, 0.3) is 0 Å². The number of carbonyl (C=O) groups excluding carboxylic acids is 1. The summed E-state index contributed by atoms with van der Waals surface area (Å²) < 4.78 is 0. The van der Waals surface area contributed by atoms with Crippen molar-refractivity contribution in [3.63, 3.8) is 0 Å². The lowest BCUT2D eigenvalue weighted by atomic mass is 10.0. The Morgan fingerprint density at radius 1 is 1.50 bits per heavy atom. The van der Waals surface area contributed by atoms with Gasteiger partial charge in [-0.2, -0.15) is 0 Å². The number of alkyl halides is 2. The van der Waals surface area contributed by atoms with E-state index in [-0.39, 0.29) is 5.78 Å². The average Bonchev–Trinajstić information content (AvgIpc) is 2.17. The number of nitrogens with two attached hydrogens (primary N) is 1. The van der Waals surface area contributed by atoms with E-state index >= 15 is 0 Å². The molecular formula is C10H11BrClNO. The number of Topliss-reactive ketones (excluding diaryl/α,β-unsaturated/α-hetero) is 1. The molecule has 0 amide bonds. The molecule has 0 aliphatic carbocycles. The van der Waals surface area contributed by atoms with Crippen molar-refractivity contribution in [3.8, 4) is 0 Å². The molecule has 0 fully saturated rings. The molecule has 0 unspecified atom stereocenters. The SMILES string of the molecule is Nc1cccc(C(=O)CCCl)c1CBr. The molecule has 4 heteroatoms. The van der Waals surface area contributed by atoms with Crippen molar-refractivity contribution in [2.24, 2.45) is 0 Å². The highest BCUT2D eigenvalue weighted by molar-refractivity contribution is 9.08. The molecule has 0 saturated carbocycles. The fourth-order valence-electron chi connectivity index (χ4n) is 1.24. The highest BCUT2D eigenvalue weighted by Crippen LogP contribution is 2.21. The Hall–Kier alpha value is -0.540. The van der Waals surface area contributed by atoms with E-state index in [1.54, 1.807) is 18.2 Å². The topological polar surface area (TPSA) is 43.1 Å². The Morgan fingerprint density at radius 3 is 2.79 bits per heavy atom. The standard InChI is InChI=1S/C10H11BrClNO/c11-6-8-7(10(14)4-5-12)2-1-3-9(8)13/h1-3H,4-6,13H2. The van der Waals surface area contributed by atoms with Crippen molar-refractivity contribution < 1.29 is 4.79 Å². The minimum atomic E-state index is 0.0433. The average molecular weight is 277 g/mol. The van der Waals surface area contributed by atoms with Crippen molar-refractivity contribution >= 4 is 39.0 Å². The summed E-state index contributed by atoms with van der Waals surface area (Å²) in [5.74, 6) is 0.386. The van der Waals surface area contributed by atoms with Crippen molar-refractivity contribution in [2.45, 2.75) is 11.8 Å². The normalized spacial score (nSPS) is 10.1. The zero-order valence-corrected chi connectivity index (χ0v) is 9.94. The van der Waals surface area contributed by atoms with Crippen LogP contribution in [0.2, 0.25) is 0 Å². The van der Waals surface area contributed by atoms with Crippen LogP contribution >= 0.6 is 27.5 Å². The molecule has 1 rings (SSSR count). The van der Waals surface area contributed by atoms with Crippen LogP contribution in [0.1, 0.15) is 22.3 Å². The summed E-state index contributed by atoms with van der Waals surface area (Å²) in [7, 11) is 0. The van der Waals surface area contributed by atoms with Gasteiger partial charge in [-0.05, 0) is 11.6 Å². The van der Waals surface area contributed by atoms with Crippen LogP contribution in [-0.2, 0) is 5.33 Å². The minimum absolute atomic E-state index is 0.0433. The van der Waals surface area contributed by atoms with Gasteiger partial charge in [-0.15, -0.1) is 11.6 Å². The number of carbonyl (C=O) groups is 1. The van der Waals surface area contributed by atoms with E-state index in [4.69, 9.17) is 17.3 Å². The largest absolute Gasteiger partial charge is 0.398 e. The van der Waals surface area contributed by atoms with Gasteiger partial charge in [0, 0.05) is 28.9 Å². The molecule has 0 aliphatic heterocycles. The molecule has 0 atom stereocenters. The number of ketones is 1. The van der Waals surface area contributed by atoms with Gasteiger partial charge in [0.05, 0.1) is 0 Å². The van der Waals surface area contributed by atoms with Crippen LogP contribution in [0.5, 0.6) is 0 Å². The van der Waals surface area contributed by atoms with Crippen LogP contribution in [0, 0.1) is 0 Å². The van der Waals surface area contributed by atoms with E-state index in [1.165, 1.54) is 0 Å². The zero-order chi connectivity index (χ0) is 10.6. The molecule has 0 saturated heterocycles. The van der Waals surface area contributed by atoms with E-state index in [9.17, 15) is 4.79 Å². The molecule has 76 valence electrons. The van der Waals surface area contributed by atoms with Gasteiger partial charge < -0.3 is 5.73 Å². The van der Waals surface area contributed by atoms with Crippen LogP contribution in [0.15, 0.2) is 18.2 Å². The number of hydrogen-bond acceptors (Lipinski definition) is 2. The lowest BCUT2D eigenvalue weighted by Crippen LogP contribution is -2.05.